The molecule has 0 spiro atoms. The van der Waals surface area contributed by atoms with Crippen LogP contribution in [-0.4, -0.2) is 46.8 Å². The highest BCUT2D eigenvalue weighted by atomic mass is 35.5. The first kappa shape index (κ1) is 13.8. The molecule has 0 radical (unpaired) electrons. The van der Waals surface area contributed by atoms with Gasteiger partial charge in [0, 0.05) is 19.6 Å². The Bertz CT molecular complexity index is 502. The van der Waals surface area contributed by atoms with Gasteiger partial charge in [0.1, 0.15) is 12.2 Å². The minimum atomic E-state index is -3.09. The first-order valence-electron chi connectivity index (χ1n) is 5.88. The SMILES string of the molecule is CS(=O)(=O)N1CCCC(Cn2ncnc2CCl)C1. The van der Waals surface area contributed by atoms with E-state index in [1.807, 2.05) is 0 Å². The lowest BCUT2D eigenvalue weighted by atomic mass is 10.00. The molecule has 1 saturated heterocycles. The van der Waals surface area contributed by atoms with Gasteiger partial charge >= 0.3 is 0 Å². The summed E-state index contributed by atoms with van der Waals surface area (Å²) in [5.74, 6) is 1.33. The first-order chi connectivity index (χ1) is 8.50. The monoisotopic (exact) mass is 292 g/mol. The molecule has 2 rings (SSSR count). The number of hydrogen-bond donors (Lipinski definition) is 0. The van der Waals surface area contributed by atoms with Gasteiger partial charge in [0.05, 0.1) is 12.1 Å². The van der Waals surface area contributed by atoms with Crippen LogP contribution in [0.3, 0.4) is 0 Å². The minimum Gasteiger partial charge on any atom is -0.249 e. The topological polar surface area (TPSA) is 68.1 Å². The summed E-state index contributed by atoms with van der Waals surface area (Å²) >= 11 is 5.76. The summed E-state index contributed by atoms with van der Waals surface area (Å²) in [5.41, 5.74) is 0. The van der Waals surface area contributed by atoms with Crippen molar-refractivity contribution >= 4 is 21.6 Å². The van der Waals surface area contributed by atoms with Crippen LogP contribution in [0.2, 0.25) is 0 Å². The van der Waals surface area contributed by atoms with E-state index in [0.717, 1.165) is 18.7 Å². The smallest absolute Gasteiger partial charge is 0.211 e. The second kappa shape index (κ2) is 5.54. The number of piperidine rings is 1. The summed E-state index contributed by atoms with van der Waals surface area (Å²) in [7, 11) is -3.09. The molecule has 0 bridgehead atoms. The van der Waals surface area contributed by atoms with E-state index in [-0.39, 0.29) is 5.92 Å². The molecule has 8 heteroatoms. The van der Waals surface area contributed by atoms with Gasteiger partial charge < -0.3 is 0 Å². The van der Waals surface area contributed by atoms with Gasteiger partial charge in [0.25, 0.3) is 0 Å². The van der Waals surface area contributed by atoms with Gasteiger partial charge in [-0.25, -0.2) is 22.4 Å². The molecule has 1 aromatic heterocycles. The lowest BCUT2D eigenvalue weighted by Gasteiger charge is -2.30. The molecule has 1 atom stereocenters. The van der Waals surface area contributed by atoms with Crippen molar-refractivity contribution in [3.63, 3.8) is 0 Å². The maximum absolute atomic E-state index is 11.5. The Morgan fingerprint density at radius 2 is 2.33 bits per heavy atom. The van der Waals surface area contributed by atoms with Gasteiger partial charge in [-0.15, -0.1) is 11.6 Å². The van der Waals surface area contributed by atoms with E-state index in [2.05, 4.69) is 10.1 Å². The van der Waals surface area contributed by atoms with Crippen LogP contribution < -0.4 is 0 Å². The average Bonchev–Trinajstić information content (AvgIpc) is 2.75. The zero-order valence-electron chi connectivity index (χ0n) is 10.3. The molecule has 18 heavy (non-hydrogen) atoms. The van der Waals surface area contributed by atoms with Gasteiger partial charge in [-0.3, -0.25) is 0 Å². The van der Waals surface area contributed by atoms with Crippen LogP contribution in [-0.2, 0) is 22.4 Å². The third kappa shape index (κ3) is 3.21. The quantitative estimate of drug-likeness (QED) is 0.766. The molecule has 0 saturated carbocycles. The fourth-order valence-corrected chi connectivity index (χ4v) is 3.42. The normalized spacial score (nSPS) is 22.2. The Labute approximate surface area is 112 Å². The van der Waals surface area contributed by atoms with Crippen LogP contribution in [0.5, 0.6) is 0 Å². The van der Waals surface area contributed by atoms with Crippen LogP contribution in [0.15, 0.2) is 6.33 Å². The Hall–Kier alpha value is -0.660. The maximum atomic E-state index is 11.5. The van der Waals surface area contributed by atoms with Crippen LogP contribution in [0.1, 0.15) is 18.7 Å². The van der Waals surface area contributed by atoms with E-state index in [0.29, 0.717) is 25.5 Å². The summed E-state index contributed by atoms with van der Waals surface area (Å²) in [4.78, 5) is 4.06. The summed E-state index contributed by atoms with van der Waals surface area (Å²) in [6.45, 7) is 1.85. The second-order valence-electron chi connectivity index (χ2n) is 4.62. The summed E-state index contributed by atoms with van der Waals surface area (Å²) < 4.78 is 26.4. The van der Waals surface area contributed by atoms with Gasteiger partial charge in [0.15, 0.2) is 0 Å². The average molecular weight is 293 g/mol. The molecule has 6 nitrogen and oxygen atoms in total. The molecule has 1 unspecified atom stereocenters. The number of halogens is 1. The van der Waals surface area contributed by atoms with Crippen LogP contribution in [0, 0.1) is 5.92 Å². The predicted molar refractivity (Wildman–Crippen MR) is 68.7 cm³/mol. The van der Waals surface area contributed by atoms with Crippen LogP contribution in [0.25, 0.3) is 0 Å². The van der Waals surface area contributed by atoms with Gasteiger partial charge in [-0.05, 0) is 18.8 Å². The highest BCUT2D eigenvalue weighted by Gasteiger charge is 2.26. The molecule has 0 N–H and O–H groups in total. The van der Waals surface area contributed by atoms with Crippen molar-refractivity contribution in [3.05, 3.63) is 12.2 Å². The number of aromatic nitrogens is 3. The molecule has 1 fully saturated rings. The molecule has 1 aromatic rings. The lowest BCUT2D eigenvalue weighted by molar-refractivity contribution is 0.239. The molecule has 0 aromatic carbocycles. The van der Waals surface area contributed by atoms with Crippen LogP contribution in [0.4, 0.5) is 0 Å². The highest BCUT2D eigenvalue weighted by Crippen LogP contribution is 2.20. The number of rotatable bonds is 4. The Kier molecular flexibility index (Phi) is 4.24. The van der Waals surface area contributed by atoms with Crippen molar-refractivity contribution < 1.29 is 8.42 Å². The summed E-state index contributed by atoms with van der Waals surface area (Å²) in [5, 5.41) is 4.12. The largest absolute Gasteiger partial charge is 0.249 e. The van der Waals surface area contributed by atoms with E-state index in [1.165, 1.54) is 12.6 Å². The van der Waals surface area contributed by atoms with E-state index >= 15 is 0 Å². The first-order valence-corrected chi connectivity index (χ1v) is 8.26. The van der Waals surface area contributed by atoms with Crippen molar-refractivity contribution in [1.82, 2.24) is 19.1 Å². The van der Waals surface area contributed by atoms with E-state index < -0.39 is 10.0 Å². The van der Waals surface area contributed by atoms with E-state index in [1.54, 1.807) is 8.99 Å². The standard InChI is InChI=1S/C10H17ClN4O2S/c1-18(16,17)14-4-2-3-9(6-14)7-15-10(5-11)12-8-13-15/h8-9H,2-7H2,1H3. The van der Waals surface area contributed by atoms with Gasteiger partial charge in [0.2, 0.25) is 10.0 Å². The Morgan fingerprint density at radius 1 is 1.56 bits per heavy atom. The number of alkyl halides is 1. The maximum Gasteiger partial charge on any atom is 0.211 e. The van der Waals surface area contributed by atoms with Gasteiger partial charge in [-0.2, -0.15) is 5.10 Å². The Morgan fingerprint density at radius 3 is 3.00 bits per heavy atom. The molecule has 2 heterocycles. The molecule has 102 valence electrons. The van der Waals surface area contributed by atoms with Crippen molar-refractivity contribution in [2.75, 3.05) is 19.3 Å². The Balaban J connectivity index is 2.02. The fourth-order valence-electron chi connectivity index (χ4n) is 2.27. The third-order valence-corrected chi connectivity index (χ3v) is 4.71. The molecule has 0 aliphatic carbocycles. The minimum absolute atomic E-state index is 0.275. The van der Waals surface area contributed by atoms with Gasteiger partial charge in [-0.1, -0.05) is 0 Å². The molecule has 1 aliphatic rings. The predicted octanol–water partition coefficient (Wildman–Crippen LogP) is 0.688. The van der Waals surface area contributed by atoms with E-state index in [4.69, 9.17) is 11.6 Å². The third-order valence-electron chi connectivity index (χ3n) is 3.20. The zero-order valence-corrected chi connectivity index (χ0v) is 11.9. The summed E-state index contributed by atoms with van der Waals surface area (Å²) in [6, 6.07) is 0. The lowest BCUT2D eigenvalue weighted by Crippen LogP contribution is -2.40. The van der Waals surface area contributed by atoms with E-state index in [9.17, 15) is 8.42 Å². The fraction of sp³-hybridized carbons (Fsp3) is 0.800. The molecular weight excluding hydrogens is 276 g/mol. The molecule has 0 amide bonds. The zero-order chi connectivity index (χ0) is 13.2. The molecule has 1 aliphatic heterocycles. The van der Waals surface area contributed by atoms with Crippen molar-refractivity contribution in [2.45, 2.75) is 25.3 Å². The van der Waals surface area contributed by atoms with Crippen molar-refractivity contribution in [2.24, 2.45) is 5.92 Å². The highest BCUT2D eigenvalue weighted by molar-refractivity contribution is 7.88. The molecular formula is C10H17ClN4O2S. The number of hydrogen-bond acceptors (Lipinski definition) is 4. The van der Waals surface area contributed by atoms with Crippen molar-refractivity contribution in [1.29, 1.82) is 0 Å². The van der Waals surface area contributed by atoms with Crippen LogP contribution >= 0.6 is 11.6 Å². The second-order valence-corrected chi connectivity index (χ2v) is 6.87. The number of sulfonamides is 1. The van der Waals surface area contributed by atoms with Crippen molar-refractivity contribution in [3.8, 4) is 0 Å². The summed E-state index contributed by atoms with van der Waals surface area (Å²) in [6.07, 6.45) is 4.64. The number of nitrogens with zero attached hydrogens (tertiary/aromatic N) is 4.